The van der Waals surface area contributed by atoms with E-state index in [9.17, 15) is 4.79 Å². The molecule has 1 heterocycles. The highest BCUT2D eigenvalue weighted by Crippen LogP contribution is 2.30. The van der Waals surface area contributed by atoms with E-state index in [1.165, 1.54) is 12.8 Å². The lowest BCUT2D eigenvalue weighted by atomic mass is 10.2. The van der Waals surface area contributed by atoms with Crippen LogP contribution in [-0.2, 0) is 11.2 Å². The molecule has 1 amide bonds. The van der Waals surface area contributed by atoms with Crippen LogP contribution in [-0.4, -0.2) is 33.7 Å². The van der Waals surface area contributed by atoms with Crippen LogP contribution in [0.15, 0.2) is 42.7 Å². The van der Waals surface area contributed by atoms with Crippen LogP contribution in [0.4, 0.5) is 0 Å². The molecule has 1 aliphatic carbocycles. The van der Waals surface area contributed by atoms with E-state index < -0.39 is 0 Å². The Morgan fingerprint density at radius 3 is 2.77 bits per heavy atom. The first-order chi connectivity index (χ1) is 10.8. The summed E-state index contributed by atoms with van der Waals surface area (Å²) in [5.41, 5.74) is 2.00. The van der Waals surface area contributed by atoms with Gasteiger partial charge in [-0.3, -0.25) is 4.79 Å². The molecule has 0 unspecified atom stereocenters. The smallest absolute Gasteiger partial charge is 0.227 e. The summed E-state index contributed by atoms with van der Waals surface area (Å²) in [4.78, 5) is 14.5. The zero-order valence-corrected chi connectivity index (χ0v) is 13.1. The molecule has 2 aromatic rings. The molecule has 0 atom stereocenters. The van der Waals surface area contributed by atoms with Gasteiger partial charge in [0.2, 0.25) is 5.91 Å². The summed E-state index contributed by atoms with van der Waals surface area (Å²) in [6.07, 6.45) is 7.76. The van der Waals surface area contributed by atoms with Gasteiger partial charge in [-0.2, -0.15) is 5.10 Å². The van der Waals surface area contributed by atoms with Gasteiger partial charge in [0.15, 0.2) is 0 Å². The molecule has 1 fully saturated rings. The summed E-state index contributed by atoms with van der Waals surface area (Å²) >= 11 is 0. The minimum Gasteiger partial charge on any atom is -0.342 e. The summed E-state index contributed by atoms with van der Waals surface area (Å²) in [6, 6.07) is 9.98. The van der Waals surface area contributed by atoms with Gasteiger partial charge >= 0.3 is 0 Å². The topological polar surface area (TPSA) is 38.1 Å². The molecule has 1 aliphatic rings. The lowest BCUT2D eigenvalue weighted by Crippen LogP contribution is -2.34. The number of carbonyl (C=O) groups excluding carboxylic acids is 1. The van der Waals surface area contributed by atoms with Gasteiger partial charge in [-0.05, 0) is 42.9 Å². The second-order valence-corrected chi connectivity index (χ2v) is 6.09. The maximum Gasteiger partial charge on any atom is 0.227 e. The van der Waals surface area contributed by atoms with Gasteiger partial charge in [-0.1, -0.05) is 25.1 Å². The van der Waals surface area contributed by atoms with Crippen molar-refractivity contribution in [3.05, 3.63) is 48.3 Å². The molecule has 0 aliphatic heterocycles. The van der Waals surface area contributed by atoms with Crippen molar-refractivity contribution in [2.45, 2.75) is 32.6 Å². The summed E-state index contributed by atoms with van der Waals surface area (Å²) in [6.45, 7) is 3.92. The quantitative estimate of drug-likeness (QED) is 0.788. The lowest BCUT2D eigenvalue weighted by Gasteiger charge is -2.21. The predicted octanol–water partition coefficient (Wildman–Crippen LogP) is 3.06. The van der Waals surface area contributed by atoms with E-state index in [2.05, 4.69) is 12.0 Å². The van der Waals surface area contributed by atoms with E-state index >= 15 is 0 Å². The minimum atomic E-state index is 0.223. The fourth-order valence-corrected chi connectivity index (χ4v) is 2.66. The van der Waals surface area contributed by atoms with Gasteiger partial charge in [-0.15, -0.1) is 0 Å². The van der Waals surface area contributed by atoms with Crippen molar-refractivity contribution in [2.75, 3.05) is 13.1 Å². The molecule has 0 bridgehead atoms. The second-order valence-electron chi connectivity index (χ2n) is 6.09. The van der Waals surface area contributed by atoms with Crippen LogP contribution in [0.25, 0.3) is 5.69 Å². The SMILES string of the molecule is CCCN(CC1CC1)C(=O)Cc1cnn(-c2ccccc2)c1. The summed E-state index contributed by atoms with van der Waals surface area (Å²) < 4.78 is 1.83. The van der Waals surface area contributed by atoms with E-state index in [4.69, 9.17) is 0 Å². The number of carbonyl (C=O) groups is 1. The van der Waals surface area contributed by atoms with Gasteiger partial charge in [0.1, 0.15) is 0 Å². The molecule has 1 aromatic heterocycles. The van der Waals surface area contributed by atoms with Crippen LogP contribution >= 0.6 is 0 Å². The Morgan fingerprint density at radius 2 is 2.09 bits per heavy atom. The monoisotopic (exact) mass is 297 g/mol. The Morgan fingerprint density at radius 1 is 1.32 bits per heavy atom. The van der Waals surface area contributed by atoms with Crippen molar-refractivity contribution in [3.63, 3.8) is 0 Å². The van der Waals surface area contributed by atoms with Crippen LogP contribution in [0.1, 0.15) is 31.7 Å². The van der Waals surface area contributed by atoms with Crippen molar-refractivity contribution < 1.29 is 4.79 Å². The highest BCUT2D eigenvalue weighted by atomic mass is 16.2. The number of hydrogen-bond acceptors (Lipinski definition) is 2. The molecular weight excluding hydrogens is 274 g/mol. The van der Waals surface area contributed by atoms with E-state index in [0.29, 0.717) is 6.42 Å². The highest BCUT2D eigenvalue weighted by molar-refractivity contribution is 5.78. The lowest BCUT2D eigenvalue weighted by molar-refractivity contribution is -0.130. The third-order valence-corrected chi connectivity index (χ3v) is 4.03. The molecule has 0 radical (unpaired) electrons. The minimum absolute atomic E-state index is 0.223. The van der Waals surface area contributed by atoms with Gasteiger partial charge in [-0.25, -0.2) is 4.68 Å². The number of para-hydroxylation sites is 1. The van der Waals surface area contributed by atoms with Crippen LogP contribution < -0.4 is 0 Å². The molecule has 3 rings (SSSR count). The van der Waals surface area contributed by atoms with E-state index in [1.54, 1.807) is 6.20 Å². The fraction of sp³-hybridized carbons (Fsp3) is 0.444. The number of rotatable bonds is 7. The molecule has 4 nitrogen and oxygen atoms in total. The number of aromatic nitrogens is 2. The van der Waals surface area contributed by atoms with Gasteiger partial charge in [0.25, 0.3) is 0 Å². The summed E-state index contributed by atoms with van der Waals surface area (Å²) in [7, 11) is 0. The van der Waals surface area contributed by atoms with Gasteiger partial charge in [0.05, 0.1) is 18.3 Å². The molecule has 1 saturated carbocycles. The average molecular weight is 297 g/mol. The third kappa shape index (κ3) is 3.75. The maximum absolute atomic E-state index is 12.5. The molecule has 4 heteroatoms. The van der Waals surface area contributed by atoms with Crippen molar-refractivity contribution >= 4 is 5.91 Å². The Labute approximate surface area is 131 Å². The average Bonchev–Trinajstić information content (AvgIpc) is 3.24. The van der Waals surface area contributed by atoms with Crippen molar-refractivity contribution in [1.29, 1.82) is 0 Å². The Bertz CT molecular complexity index is 616. The van der Waals surface area contributed by atoms with Crippen LogP contribution in [0, 0.1) is 5.92 Å². The molecule has 0 N–H and O–H groups in total. The van der Waals surface area contributed by atoms with Crippen molar-refractivity contribution in [2.24, 2.45) is 5.92 Å². The normalized spacial score (nSPS) is 14.0. The largest absolute Gasteiger partial charge is 0.342 e. The first kappa shape index (κ1) is 14.8. The van der Waals surface area contributed by atoms with Crippen molar-refractivity contribution in [3.8, 4) is 5.69 Å². The van der Waals surface area contributed by atoms with E-state index in [-0.39, 0.29) is 5.91 Å². The predicted molar refractivity (Wildman–Crippen MR) is 86.9 cm³/mol. The van der Waals surface area contributed by atoms with Crippen LogP contribution in [0.2, 0.25) is 0 Å². The van der Waals surface area contributed by atoms with E-state index in [0.717, 1.165) is 36.7 Å². The summed E-state index contributed by atoms with van der Waals surface area (Å²) in [5, 5.41) is 4.36. The first-order valence-corrected chi connectivity index (χ1v) is 8.13. The van der Waals surface area contributed by atoms with E-state index in [1.807, 2.05) is 46.1 Å². The van der Waals surface area contributed by atoms with Gasteiger partial charge in [0, 0.05) is 19.3 Å². The second kappa shape index (κ2) is 6.77. The molecule has 1 aromatic carbocycles. The Kier molecular flexibility index (Phi) is 4.56. The van der Waals surface area contributed by atoms with Crippen LogP contribution in [0.3, 0.4) is 0 Å². The number of amides is 1. The molecule has 22 heavy (non-hydrogen) atoms. The first-order valence-electron chi connectivity index (χ1n) is 8.13. The maximum atomic E-state index is 12.5. The van der Waals surface area contributed by atoms with Gasteiger partial charge < -0.3 is 4.90 Å². The fourth-order valence-electron chi connectivity index (χ4n) is 2.66. The number of nitrogens with zero attached hydrogens (tertiary/aromatic N) is 3. The third-order valence-electron chi connectivity index (χ3n) is 4.03. The zero-order chi connectivity index (χ0) is 15.4. The zero-order valence-electron chi connectivity index (χ0n) is 13.1. The Balaban J connectivity index is 1.64. The summed E-state index contributed by atoms with van der Waals surface area (Å²) in [5.74, 6) is 0.962. The Hall–Kier alpha value is -2.10. The molecule has 0 spiro atoms. The number of hydrogen-bond donors (Lipinski definition) is 0. The van der Waals surface area contributed by atoms with Crippen LogP contribution in [0.5, 0.6) is 0 Å². The highest BCUT2D eigenvalue weighted by Gasteiger charge is 2.26. The number of benzene rings is 1. The molecule has 0 saturated heterocycles. The standard InChI is InChI=1S/C18H23N3O/c1-2-10-20(13-15-8-9-15)18(22)11-16-12-19-21(14-16)17-6-4-3-5-7-17/h3-7,12,14-15H,2,8-11,13H2,1H3. The molecule has 116 valence electrons. The molecular formula is C18H23N3O. The van der Waals surface area contributed by atoms with Crippen molar-refractivity contribution in [1.82, 2.24) is 14.7 Å².